The van der Waals surface area contributed by atoms with Crippen LogP contribution >= 0.6 is 0 Å². The largest absolute Gasteiger partial charge is 0.478 e. The van der Waals surface area contributed by atoms with Crippen LogP contribution in [0.25, 0.3) is 0 Å². The van der Waals surface area contributed by atoms with Gasteiger partial charge in [-0.25, -0.2) is 4.79 Å². The summed E-state index contributed by atoms with van der Waals surface area (Å²) in [5.74, 6) is -1.28. The van der Waals surface area contributed by atoms with Gasteiger partial charge < -0.3 is 5.11 Å². The Kier molecular flexibility index (Phi) is 3.61. The Bertz CT molecular complexity index is 382. The number of carboxylic acid groups (broad SMARTS) is 1. The summed E-state index contributed by atoms with van der Waals surface area (Å²) in [5, 5.41) is 8.98. The van der Waals surface area contributed by atoms with E-state index in [1.807, 2.05) is 6.92 Å². The summed E-state index contributed by atoms with van der Waals surface area (Å²) >= 11 is 0. The zero-order valence-corrected chi connectivity index (χ0v) is 8.86. The number of carbonyl (C=O) groups excluding carboxylic acids is 1. The molecule has 0 spiro atoms. The molecule has 0 fully saturated rings. The van der Waals surface area contributed by atoms with Gasteiger partial charge in [0.15, 0.2) is 0 Å². The fourth-order valence-corrected chi connectivity index (χ4v) is 1.72. The second-order valence-electron chi connectivity index (χ2n) is 3.46. The van der Waals surface area contributed by atoms with Gasteiger partial charge in [0.1, 0.15) is 5.78 Å². The highest BCUT2D eigenvalue weighted by Gasteiger charge is 2.20. The van der Waals surface area contributed by atoms with E-state index in [-0.39, 0.29) is 17.3 Å². The molecule has 1 N–H and O–H groups in total. The Labute approximate surface area is 88.7 Å². The van der Waals surface area contributed by atoms with Crippen LogP contribution in [0, 0.1) is 0 Å². The first-order valence-electron chi connectivity index (χ1n) is 4.90. The van der Waals surface area contributed by atoms with Crippen molar-refractivity contribution in [3.8, 4) is 0 Å². The highest BCUT2D eigenvalue weighted by molar-refractivity contribution is 5.93. The van der Waals surface area contributed by atoms with Crippen LogP contribution in [0.5, 0.6) is 0 Å². The lowest BCUT2D eigenvalue weighted by molar-refractivity contribution is -0.118. The van der Waals surface area contributed by atoms with Gasteiger partial charge in [0.05, 0.1) is 5.56 Å². The molecule has 0 radical (unpaired) electrons. The van der Waals surface area contributed by atoms with Gasteiger partial charge in [-0.2, -0.15) is 0 Å². The molecule has 0 bridgehead atoms. The zero-order chi connectivity index (χ0) is 11.4. The van der Waals surface area contributed by atoms with Gasteiger partial charge in [-0.05, 0) is 25.0 Å². The molecule has 1 atom stereocenters. The number of Topliss-reactive ketones (excluding diaryl/α,β-unsaturated/α-hetero) is 1. The van der Waals surface area contributed by atoms with Crippen LogP contribution in [0.4, 0.5) is 0 Å². The summed E-state index contributed by atoms with van der Waals surface area (Å²) in [6.45, 7) is 3.37. The number of aromatic carboxylic acids is 1. The van der Waals surface area contributed by atoms with Crippen molar-refractivity contribution in [1.29, 1.82) is 0 Å². The van der Waals surface area contributed by atoms with Crippen LogP contribution in [-0.2, 0) is 4.79 Å². The lowest BCUT2D eigenvalue weighted by atomic mass is 9.89. The fraction of sp³-hybridized carbons (Fsp3) is 0.333. The molecule has 0 aliphatic heterocycles. The van der Waals surface area contributed by atoms with Crippen molar-refractivity contribution in [3.63, 3.8) is 0 Å². The van der Waals surface area contributed by atoms with Crippen molar-refractivity contribution >= 4 is 11.8 Å². The van der Waals surface area contributed by atoms with Gasteiger partial charge in [0.25, 0.3) is 0 Å². The van der Waals surface area contributed by atoms with E-state index in [1.165, 1.54) is 13.0 Å². The van der Waals surface area contributed by atoms with E-state index < -0.39 is 5.97 Å². The first-order chi connectivity index (χ1) is 7.07. The molecule has 3 heteroatoms. The molecule has 1 unspecified atom stereocenters. The predicted molar refractivity (Wildman–Crippen MR) is 57.1 cm³/mol. The maximum Gasteiger partial charge on any atom is 0.335 e. The summed E-state index contributed by atoms with van der Waals surface area (Å²) < 4.78 is 0. The SMILES string of the molecule is CCC(C(C)=O)c1ccccc1C(=O)O. The van der Waals surface area contributed by atoms with E-state index in [2.05, 4.69) is 0 Å². The van der Waals surface area contributed by atoms with Crippen molar-refractivity contribution in [2.75, 3.05) is 0 Å². The van der Waals surface area contributed by atoms with Gasteiger partial charge in [-0.1, -0.05) is 25.1 Å². The third kappa shape index (κ3) is 2.43. The number of hydrogen-bond acceptors (Lipinski definition) is 2. The molecule has 0 aromatic heterocycles. The van der Waals surface area contributed by atoms with E-state index in [1.54, 1.807) is 18.2 Å². The minimum Gasteiger partial charge on any atom is -0.478 e. The molecule has 1 aromatic rings. The molecule has 0 saturated heterocycles. The van der Waals surface area contributed by atoms with Gasteiger partial charge in [0, 0.05) is 5.92 Å². The van der Waals surface area contributed by atoms with Crippen LogP contribution in [0.3, 0.4) is 0 Å². The zero-order valence-electron chi connectivity index (χ0n) is 8.86. The van der Waals surface area contributed by atoms with Crippen molar-refractivity contribution in [2.45, 2.75) is 26.2 Å². The number of rotatable bonds is 4. The third-order valence-corrected chi connectivity index (χ3v) is 2.47. The summed E-state index contributed by atoms with van der Waals surface area (Å²) in [5.41, 5.74) is 0.833. The van der Waals surface area contributed by atoms with Crippen LogP contribution in [0.1, 0.15) is 42.1 Å². The number of carbonyl (C=O) groups is 2. The smallest absolute Gasteiger partial charge is 0.335 e. The number of ketones is 1. The molecule has 3 nitrogen and oxygen atoms in total. The molecular weight excluding hydrogens is 192 g/mol. The monoisotopic (exact) mass is 206 g/mol. The minimum absolute atomic E-state index is 0.00574. The number of hydrogen-bond donors (Lipinski definition) is 1. The van der Waals surface area contributed by atoms with Crippen LogP contribution in [-0.4, -0.2) is 16.9 Å². The van der Waals surface area contributed by atoms with Gasteiger partial charge in [0.2, 0.25) is 0 Å². The highest BCUT2D eigenvalue weighted by atomic mass is 16.4. The predicted octanol–water partition coefficient (Wildman–Crippen LogP) is 2.47. The number of benzene rings is 1. The van der Waals surface area contributed by atoms with Crippen molar-refractivity contribution in [1.82, 2.24) is 0 Å². The summed E-state index contributed by atoms with van der Waals surface area (Å²) in [6, 6.07) is 6.66. The topological polar surface area (TPSA) is 54.4 Å². The molecule has 0 amide bonds. The second-order valence-corrected chi connectivity index (χ2v) is 3.46. The quantitative estimate of drug-likeness (QED) is 0.823. The molecule has 0 saturated carbocycles. The average molecular weight is 206 g/mol. The Morgan fingerprint density at radius 3 is 2.40 bits per heavy atom. The van der Waals surface area contributed by atoms with E-state index in [0.29, 0.717) is 12.0 Å². The Balaban J connectivity index is 3.22. The Hall–Kier alpha value is -1.64. The molecule has 0 aliphatic rings. The molecule has 0 heterocycles. The van der Waals surface area contributed by atoms with E-state index >= 15 is 0 Å². The van der Waals surface area contributed by atoms with Crippen LogP contribution in [0.15, 0.2) is 24.3 Å². The van der Waals surface area contributed by atoms with Crippen molar-refractivity contribution < 1.29 is 14.7 Å². The molecule has 0 aliphatic carbocycles. The fourth-order valence-electron chi connectivity index (χ4n) is 1.72. The van der Waals surface area contributed by atoms with Crippen LogP contribution < -0.4 is 0 Å². The van der Waals surface area contributed by atoms with E-state index in [9.17, 15) is 9.59 Å². The molecule has 15 heavy (non-hydrogen) atoms. The van der Waals surface area contributed by atoms with Crippen LogP contribution in [0.2, 0.25) is 0 Å². The third-order valence-electron chi connectivity index (χ3n) is 2.47. The molecular formula is C12H14O3. The summed E-state index contributed by atoms with van der Waals surface area (Å²) in [4.78, 5) is 22.3. The molecule has 1 rings (SSSR count). The maximum absolute atomic E-state index is 11.4. The van der Waals surface area contributed by atoms with E-state index in [0.717, 1.165) is 0 Å². The Morgan fingerprint density at radius 2 is 1.93 bits per heavy atom. The Morgan fingerprint density at radius 1 is 1.33 bits per heavy atom. The maximum atomic E-state index is 11.4. The highest BCUT2D eigenvalue weighted by Crippen LogP contribution is 2.24. The molecule has 80 valence electrons. The standard InChI is InChI=1S/C12H14O3/c1-3-9(8(2)13)10-6-4-5-7-11(10)12(14)15/h4-7,9H,3H2,1-2H3,(H,14,15). The van der Waals surface area contributed by atoms with Gasteiger partial charge >= 0.3 is 5.97 Å². The van der Waals surface area contributed by atoms with Crippen molar-refractivity contribution in [2.24, 2.45) is 0 Å². The van der Waals surface area contributed by atoms with Gasteiger partial charge in [-0.3, -0.25) is 4.79 Å². The van der Waals surface area contributed by atoms with Gasteiger partial charge in [-0.15, -0.1) is 0 Å². The lowest BCUT2D eigenvalue weighted by Crippen LogP contribution is -2.12. The summed E-state index contributed by atoms with van der Waals surface area (Å²) in [7, 11) is 0. The first-order valence-corrected chi connectivity index (χ1v) is 4.90. The second kappa shape index (κ2) is 4.73. The lowest BCUT2D eigenvalue weighted by Gasteiger charge is -2.13. The van der Waals surface area contributed by atoms with Crippen molar-refractivity contribution in [3.05, 3.63) is 35.4 Å². The molecule has 1 aromatic carbocycles. The minimum atomic E-state index is -0.981. The normalized spacial score (nSPS) is 12.1. The van der Waals surface area contributed by atoms with E-state index in [4.69, 9.17) is 5.11 Å². The summed E-state index contributed by atoms with van der Waals surface area (Å²) in [6.07, 6.45) is 0.625. The average Bonchev–Trinajstić information content (AvgIpc) is 2.18. The first kappa shape index (κ1) is 11.4. The number of carboxylic acids is 1.